The van der Waals surface area contributed by atoms with E-state index in [1.54, 1.807) is 11.3 Å². The van der Waals surface area contributed by atoms with Gasteiger partial charge in [0.05, 0.1) is 17.8 Å². The molecule has 28 heavy (non-hydrogen) atoms. The molecule has 4 aromatic heterocycles. The number of rotatable bonds is 4. The summed E-state index contributed by atoms with van der Waals surface area (Å²) in [6.07, 6.45) is 6.11. The van der Waals surface area contributed by atoms with Gasteiger partial charge in [-0.2, -0.15) is 16.4 Å². The van der Waals surface area contributed by atoms with Crippen molar-refractivity contribution in [1.29, 1.82) is 0 Å². The molecule has 0 amide bonds. The lowest BCUT2D eigenvalue weighted by Gasteiger charge is -2.38. The molecule has 8 heteroatoms. The second-order valence-corrected chi connectivity index (χ2v) is 8.27. The maximum absolute atomic E-state index is 4.57. The van der Waals surface area contributed by atoms with Crippen LogP contribution in [0.3, 0.4) is 0 Å². The zero-order valence-electron chi connectivity index (χ0n) is 16.1. The van der Waals surface area contributed by atoms with Crippen molar-refractivity contribution in [3.63, 3.8) is 0 Å². The van der Waals surface area contributed by atoms with E-state index in [-0.39, 0.29) is 6.04 Å². The van der Waals surface area contributed by atoms with Crippen molar-refractivity contribution in [3.8, 4) is 11.1 Å². The largest absolute Gasteiger partial charge is 0.296 e. The minimum atomic E-state index is 0.231. The zero-order chi connectivity index (χ0) is 19.1. The SMILES string of the molecule is CN1CCN(Cc2cnn(C)c2)C[C@H]1c1nnn2cc(-c3ccsc3)ccc12. The second kappa shape index (κ2) is 7.12. The monoisotopic (exact) mass is 393 g/mol. The Hall–Kier alpha value is -2.55. The molecule has 1 aliphatic rings. The topological polar surface area (TPSA) is 54.5 Å². The molecule has 0 saturated carbocycles. The summed E-state index contributed by atoms with van der Waals surface area (Å²) in [5, 5.41) is 17.5. The van der Waals surface area contributed by atoms with Crippen LogP contribution in [-0.4, -0.2) is 61.1 Å². The molecule has 1 fully saturated rings. The van der Waals surface area contributed by atoms with E-state index in [0.717, 1.165) is 37.4 Å². The molecule has 0 aromatic carbocycles. The van der Waals surface area contributed by atoms with E-state index in [1.807, 2.05) is 22.4 Å². The fourth-order valence-electron chi connectivity index (χ4n) is 3.93. The van der Waals surface area contributed by atoms with Gasteiger partial charge in [-0.15, -0.1) is 5.10 Å². The maximum Gasteiger partial charge on any atom is 0.109 e. The van der Waals surface area contributed by atoms with E-state index in [2.05, 4.69) is 73.6 Å². The van der Waals surface area contributed by atoms with Gasteiger partial charge in [-0.25, -0.2) is 4.52 Å². The summed E-state index contributed by atoms with van der Waals surface area (Å²) in [4.78, 5) is 4.86. The van der Waals surface area contributed by atoms with Crippen LogP contribution >= 0.6 is 11.3 Å². The van der Waals surface area contributed by atoms with Crippen molar-refractivity contribution in [2.75, 3.05) is 26.7 Å². The van der Waals surface area contributed by atoms with Gasteiger partial charge in [0.25, 0.3) is 0 Å². The number of pyridine rings is 1. The Morgan fingerprint density at radius 2 is 2.04 bits per heavy atom. The van der Waals surface area contributed by atoms with E-state index in [4.69, 9.17) is 0 Å². The average molecular weight is 394 g/mol. The van der Waals surface area contributed by atoms with Gasteiger partial charge in [0.2, 0.25) is 0 Å². The van der Waals surface area contributed by atoms with E-state index >= 15 is 0 Å². The number of piperazine rings is 1. The molecule has 7 nitrogen and oxygen atoms in total. The van der Waals surface area contributed by atoms with Crippen molar-refractivity contribution < 1.29 is 0 Å². The van der Waals surface area contributed by atoms with Crippen molar-refractivity contribution in [1.82, 2.24) is 34.4 Å². The third kappa shape index (κ3) is 3.23. The number of aryl methyl sites for hydroxylation is 1. The van der Waals surface area contributed by atoms with Crippen LogP contribution in [-0.2, 0) is 13.6 Å². The van der Waals surface area contributed by atoms with E-state index < -0.39 is 0 Å². The van der Waals surface area contributed by atoms with Crippen LogP contribution in [0.25, 0.3) is 16.6 Å². The average Bonchev–Trinajstić information content (AvgIpc) is 3.44. The number of likely N-dealkylation sites (N-methyl/N-ethyl adjacent to an activating group) is 1. The van der Waals surface area contributed by atoms with Crippen molar-refractivity contribution in [2.24, 2.45) is 7.05 Å². The van der Waals surface area contributed by atoms with E-state index in [1.165, 1.54) is 16.7 Å². The molecule has 0 N–H and O–H groups in total. The van der Waals surface area contributed by atoms with Gasteiger partial charge in [0.1, 0.15) is 5.69 Å². The predicted molar refractivity (Wildman–Crippen MR) is 110 cm³/mol. The molecule has 0 spiro atoms. The fraction of sp³-hybridized carbons (Fsp3) is 0.350. The number of nitrogens with zero attached hydrogens (tertiary/aromatic N) is 7. The Kier molecular flexibility index (Phi) is 4.46. The van der Waals surface area contributed by atoms with Crippen LogP contribution in [0.2, 0.25) is 0 Å². The Labute approximate surface area is 167 Å². The molecule has 144 valence electrons. The molecule has 0 unspecified atom stereocenters. The molecule has 0 bridgehead atoms. The number of hydrogen-bond acceptors (Lipinski definition) is 6. The van der Waals surface area contributed by atoms with Crippen LogP contribution in [0, 0.1) is 0 Å². The third-order valence-corrected chi connectivity index (χ3v) is 6.19. The smallest absolute Gasteiger partial charge is 0.109 e. The highest BCUT2D eigenvalue weighted by Crippen LogP contribution is 2.28. The van der Waals surface area contributed by atoms with Crippen molar-refractivity contribution in [3.05, 3.63) is 58.8 Å². The van der Waals surface area contributed by atoms with Gasteiger partial charge in [0.15, 0.2) is 0 Å². The first-order chi connectivity index (χ1) is 13.7. The van der Waals surface area contributed by atoms with Crippen molar-refractivity contribution in [2.45, 2.75) is 12.6 Å². The number of fused-ring (bicyclic) bond motifs is 1. The fourth-order valence-corrected chi connectivity index (χ4v) is 4.60. The number of hydrogen-bond donors (Lipinski definition) is 0. The molecule has 0 radical (unpaired) electrons. The lowest BCUT2D eigenvalue weighted by molar-refractivity contribution is 0.0889. The molecular weight excluding hydrogens is 370 g/mol. The first kappa shape index (κ1) is 17.5. The number of thiophene rings is 1. The molecule has 1 saturated heterocycles. The van der Waals surface area contributed by atoms with Crippen LogP contribution in [0.1, 0.15) is 17.3 Å². The Bertz CT molecular complexity index is 1080. The van der Waals surface area contributed by atoms with Crippen LogP contribution in [0.15, 0.2) is 47.5 Å². The highest BCUT2D eigenvalue weighted by atomic mass is 32.1. The molecule has 1 atom stereocenters. The normalized spacial score (nSPS) is 18.9. The minimum Gasteiger partial charge on any atom is -0.296 e. The second-order valence-electron chi connectivity index (χ2n) is 7.49. The summed E-state index contributed by atoms with van der Waals surface area (Å²) < 4.78 is 3.77. The molecule has 1 aliphatic heterocycles. The first-order valence-corrected chi connectivity index (χ1v) is 10.4. The molecular formula is C20H23N7S. The highest BCUT2D eigenvalue weighted by molar-refractivity contribution is 7.08. The Balaban J connectivity index is 1.41. The Morgan fingerprint density at radius 1 is 1.11 bits per heavy atom. The molecule has 5 rings (SSSR count). The predicted octanol–water partition coefficient (Wildman–Crippen LogP) is 2.68. The van der Waals surface area contributed by atoms with Crippen LogP contribution < -0.4 is 0 Å². The maximum atomic E-state index is 4.57. The quantitative estimate of drug-likeness (QED) is 0.534. The summed E-state index contributed by atoms with van der Waals surface area (Å²) in [6.45, 7) is 3.91. The summed E-state index contributed by atoms with van der Waals surface area (Å²) in [7, 11) is 4.14. The minimum absolute atomic E-state index is 0.231. The summed E-state index contributed by atoms with van der Waals surface area (Å²) >= 11 is 1.71. The van der Waals surface area contributed by atoms with Gasteiger partial charge in [-0.3, -0.25) is 14.5 Å². The van der Waals surface area contributed by atoms with Crippen LogP contribution in [0.5, 0.6) is 0 Å². The molecule has 0 aliphatic carbocycles. The standard InChI is InChI=1S/C20H23N7S/c1-24-6-7-26(11-15-9-21-25(2)10-15)13-19(24)20-18-4-3-16(12-27(18)23-22-20)17-5-8-28-14-17/h3-5,8-10,12,14,19H,6-7,11,13H2,1-2H3/t19-/m0/s1. The zero-order valence-corrected chi connectivity index (χ0v) is 16.9. The summed E-state index contributed by atoms with van der Waals surface area (Å²) in [5.41, 5.74) is 5.77. The lowest BCUT2D eigenvalue weighted by Crippen LogP contribution is -2.46. The van der Waals surface area contributed by atoms with Gasteiger partial charge in [0, 0.05) is 56.7 Å². The highest BCUT2D eigenvalue weighted by Gasteiger charge is 2.29. The summed E-state index contributed by atoms with van der Waals surface area (Å²) in [5.74, 6) is 0. The first-order valence-electron chi connectivity index (χ1n) is 9.45. The number of aromatic nitrogens is 5. The molecule has 5 heterocycles. The van der Waals surface area contributed by atoms with Gasteiger partial charge in [-0.1, -0.05) is 11.3 Å². The molecule has 4 aromatic rings. The van der Waals surface area contributed by atoms with E-state index in [9.17, 15) is 0 Å². The van der Waals surface area contributed by atoms with Gasteiger partial charge in [-0.05, 0) is 35.5 Å². The third-order valence-electron chi connectivity index (χ3n) is 5.51. The van der Waals surface area contributed by atoms with Crippen molar-refractivity contribution >= 4 is 16.9 Å². The van der Waals surface area contributed by atoms with E-state index in [0.29, 0.717) is 0 Å². The van der Waals surface area contributed by atoms with Gasteiger partial charge >= 0.3 is 0 Å². The summed E-state index contributed by atoms with van der Waals surface area (Å²) in [6, 6.07) is 6.68. The van der Waals surface area contributed by atoms with Crippen LogP contribution in [0.4, 0.5) is 0 Å². The lowest BCUT2D eigenvalue weighted by atomic mass is 10.1. The Morgan fingerprint density at radius 3 is 2.82 bits per heavy atom. The van der Waals surface area contributed by atoms with Gasteiger partial charge < -0.3 is 0 Å².